The van der Waals surface area contributed by atoms with Gasteiger partial charge in [-0.1, -0.05) is 35.6 Å². The highest BCUT2D eigenvalue weighted by atomic mass is 32.1. The molecule has 0 bridgehead atoms. The molecule has 4 aromatic rings. The average Bonchev–Trinajstić information content (AvgIpc) is 3.15. The van der Waals surface area contributed by atoms with Crippen LogP contribution in [0.3, 0.4) is 0 Å². The number of phenolic OH excluding ortho intramolecular Hbond substituents is 1. The molecule has 4 rings (SSSR count). The third-order valence-corrected chi connectivity index (χ3v) is 5.52. The number of benzene rings is 3. The van der Waals surface area contributed by atoms with Crippen molar-refractivity contribution in [3.63, 3.8) is 0 Å². The number of rotatable bonds is 6. The van der Waals surface area contributed by atoms with Gasteiger partial charge in [-0.2, -0.15) is 0 Å². The highest BCUT2D eigenvalue weighted by molar-refractivity contribution is 7.22. The number of non-ortho nitro benzene ring substituents is 1. The highest BCUT2D eigenvalue weighted by Crippen LogP contribution is 2.39. The molecule has 0 aliphatic carbocycles. The minimum Gasteiger partial charge on any atom is -0.502 e. The lowest BCUT2D eigenvalue weighted by Crippen LogP contribution is -2.13. The topological polar surface area (TPSA) is 131 Å². The molecule has 0 saturated carbocycles. The fourth-order valence-electron chi connectivity index (χ4n) is 3.12. The molecule has 3 aromatic carbocycles. The first-order valence-corrected chi connectivity index (χ1v) is 9.58. The van der Waals surface area contributed by atoms with Crippen LogP contribution >= 0.6 is 11.3 Å². The SMILES string of the molecule is O=[N+]([O-])c1ccc(C(Nc2nc3ccccc3s2)c2cccc([N+](=O)[O-])c2O)cc1. The van der Waals surface area contributed by atoms with E-state index in [2.05, 4.69) is 10.3 Å². The minimum atomic E-state index is -0.716. The molecule has 1 aromatic heterocycles. The number of nitrogens with zero attached hydrogens (tertiary/aromatic N) is 3. The summed E-state index contributed by atoms with van der Waals surface area (Å²) in [4.78, 5) is 25.6. The molecule has 0 fully saturated rings. The van der Waals surface area contributed by atoms with Gasteiger partial charge in [-0.25, -0.2) is 4.98 Å². The molecule has 2 N–H and O–H groups in total. The maximum absolute atomic E-state index is 11.3. The third kappa shape index (κ3) is 3.63. The molecule has 0 amide bonds. The van der Waals surface area contributed by atoms with E-state index >= 15 is 0 Å². The minimum absolute atomic E-state index is 0.0826. The summed E-state index contributed by atoms with van der Waals surface area (Å²) in [6.45, 7) is 0. The van der Waals surface area contributed by atoms with Crippen molar-refractivity contribution in [3.8, 4) is 5.75 Å². The second kappa shape index (κ2) is 7.76. The first-order chi connectivity index (χ1) is 14.4. The van der Waals surface area contributed by atoms with Crippen LogP contribution in [0.4, 0.5) is 16.5 Å². The summed E-state index contributed by atoms with van der Waals surface area (Å²) in [6.07, 6.45) is 0. The highest BCUT2D eigenvalue weighted by Gasteiger charge is 2.25. The molecular formula is C20H14N4O5S. The second-order valence-corrected chi connectivity index (χ2v) is 7.42. The number of hydrogen-bond acceptors (Lipinski definition) is 8. The number of para-hydroxylation sites is 2. The van der Waals surface area contributed by atoms with Crippen LogP contribution < -0.4 is 5.32 Å². The van der Waals surface area contributed by atoms with Crippen LogP contribution in [-0.2, 0) is 0 Å². The monoisotopic (exact) mass is 422 g/mol. The summed E-state index contributed by atoms with van der Waals surface area (Å²) >= 11 is 1.39. The summed E-state index contributed by atoms with van der Waals surface area (Å²) in [6, 6.07) is 16.9. The summed E-state index contributed by atoms with van der Waals surface area (Å²) in [5, 5.41) is 36.6. The van der Waals surface area contributed by atoms with E-state index in [9.17, 15) is 25.3 Å². The molecule has 30 heavy (non-hydrogen) atoms. The molecule has 10 heteroatoms. The zero-order chi connectivity index (χ0) is 21.3. The summed E-state index contributed by atoms with van der Waals surface area (Å²) in [5.74, 6) is -0.473. The number of hydrogen-bond donors (Lipinski definition) is 2. The molecular weight excluding hydrogens is 408 g/mol. The van der Waals surface area contributed by atoms with Gasteiger partial charge in [-0.05, 0) is 29.8 Å². The van der Waals surface area contributed by atoms with Crippen LogP contribution in [0.15, 0.2) is 66.7 Å². The van der Waals surface area contributed by atoms with Crippen molar-refractivity contribution in [2.24, 2.45) is 0 Å². The van der Waals surface area contributed by atoms with E-state index in [0.29, 0.717) is 10.7 Å². The quantitative estimate of drug-likeness (QED) is 0.329. The lowest BCUT2D eigenvalue weighted by Gasteiger charge is -2.20. The van der Waals surface area contributed by atoms with Gasteiger partial charge < -0.3 is 10.4 Å². The van der Waals surface area contributed by atoms with Gasteiger partial charge in [0.2, 0.25) is 0 Å². The zero-order valence-corrected chi connectivity index (χ0v) is 16.1. The van der Waals surface area contributed by atoms with Gasteiger partial charge in [0, 0.05) is 23.8 Å². The van der Waals surface area contributed by atoms with Crippen molar-refractivity contribution in [1.82, 2.24) is 4.98 Å². The van der Waals surface area contributed by atoms with E-state index in [1.807, 2.05) is 24.3 Å². The predicted octanol–water partition coefficient (Wildman–Crippen LogP) is 5.02. The Labute approximate surface area is 173 Å². The van der Waals surface area contributed by atoms with Crippen molar-refractivity contribution in [2.75, 3.05) is 5.32 Å². The number of nitro groups is 2. The van der Waals surface area contributed by atoms with Gasteiger partial charge >= 0.3 is 5.69 Å². The molecule has 150 valence electrons. The fraction of sp³-hybridized carbons (Fsp3) is 0.0500. The summed E-state index contributed by atoms with van der Waals surface area (Å²) in [5.41, 5.74) is 1.12. The molecule has 1 unspecified atom stereocenters. The Bertz CT molecular complexity index is 1220. The molecule has 9 nitrogen and oxygen atoms in total. The normalized spacial score (nSPS) is 11.9. The van der Waals surface area contributed by atoms with Crippen molar-refractivity contribution >= 4 is 38.1 Å². The van der Waals surface area contributed by atoms with E-state index in [1.165, 1.54) is 35.6 Å². The number of anilines is 1. The van der Waals surface area contributed by atoms with Gasteiger partial charge in [0.05, 0.1) is 26.1 Å². The molecule has 0 aliphatic rings. The van der Waals surface area contributed by atoms with Gasteiger partial charge in [0.15, 0.2) is 10.9 Å². The number of aromatic nitrogens is 1. The number of nitro benzene ring substituents is 2. The largest absolute Gasteiger partial charge is 0.502 e. The number of nitrogens with one attached hydrogen (secondary N) is 1. The summed E-state index contributed by atoms with van der Waals surface area (Å²) in [7, 11) is 0. The van der Waals surface area contributed by atoms with E-state index in [1.54, 1.807) is 18.2 Å². The smallest absolute Gasteiger partial charge is 0.311 e. The van der Waals surface area contributed by atoms with Crippen molar-refractivity contribution in [2.45, 2.75) is 6.04 Å². The lowest BCUT2D eigenvalue weighted by atomic mass is 9.97. The second-order valence-electron chi connectivity index (χ2n) is 6.38. The molecule has 0 radical (unpaired) electrons. The number of phenols is 1. The van der Waals surface area contributed by atoms with Gasteiger partial charge in [-0.15, -0.1) is 0 Å². The Morgan fingerprint density at radius 2 is 1.67 bits per heavy atom. The Kier molecular flexibility index (Phi) is 4.98. The fourth-order valence-corrected chi connectivity index (χ4v) is 4.01. The lowest BCUT2D eigenvalue weighted by molar-refractivity contribution is -0.386. The van der Waals surface area contributed by atoms with Crippen molar-refractivity contribution in [1.29, 1.82) is 0 Å². The Balaban J connectivity index is 1.81. The van der Waals surface area contributed by atoms with Crippen molar-refractivity contribution in [3.05, 3.63) is 98.1 Å². The summed E-state index contributed by atoms with van der Waals surface area (Å²) < 4.78 is 0.950. The first kappa shape index (κ1) is 19.3. The van der Waals surface area contributed by atoms with Crippen LogP contribution in [0.1, 0.15) is 17.2 Å². The predicted molar refractivity (Wildman–Crippen MR) is 113 cm³/mol. The first-order valence-electron chi connectivity index (χ1n) is 8.77. The Morgan fingerprint density at radius 1 is 0.933 bits per heavy atom. The Morgan fingerprint density at radius 3 is 2.33 bits per heavy atom. The van der Waals surface area contributed by atoms with Crippen LogP contribution in [0.2, 0.25) is 0 Å². The van der Waals surface area contributed by atoms with E-state index in [0.717, 1.165) is 10.2 Å². The van der Waals surface area contributed by atoms with Crippen LogP contribution in [0, 0.1) is 20.2 Å². The van der Waals surface area contributed by atoms with E-state index in [-0.39, 0.29) is 11.3 Å². The van der Waals surface area contributed by atoms with Crippen LogP contribution in [-0.4, -0.2) is 19.9 Å². The molecule has 0 saturated heterocycles. The van der Waals surface area contributed by atoms with Gasteiger partial charge in [0.25, 0.3) is 5.69 Å². The zero-order valence-electron chi connectivity index (χ0n) is 15.3. The van der Waals surface area contributed by atoms with Crippen molar-refractivity contribution < 1.29 is 15.0 Å². The van der Waals surface area contributed by atoms with E-state index < -0.39 is 27.3 Å². The Hall–Kier alpha value is -4.05. The third-order valence-electron chi connectivity index (χ3n) is 4.55. The van der Waals surface area contributed by atoms with Gasteiger partial charge in [0.1, 0.15) is 0 Å². The van der Waals surface area contributed by atoms with Crippen LogP contribution in [0.25, 0.3) is 10.2 Å². The van der Waals surface area contributed by atoms with Gasteiger partial charge in [-0.3, -0.25) is 20.2 Å². The van der Waals surface area contributed by atoms with E-state index in [4.69, 9.17) is 0 Å². The maximum Gasteiger partial charge on any atom is 0.311 e. The standard InChI is InChI=1S/C20H14N4O5S/c25-19-14(4-3-6-16(19)24(28)29)18(12-8-10-13(11-9-12)23(26)27)22-20-21-15-5-1-2-7-17(15)30-20/h1-11,18,25H,(H,21,22). The average molecular weight is 422 g/mol. The number of fused-ring (bicyclic) bond motifs is 1. The van der Waals surface area contributed by atoms with Crippen LogP contribution in [0.5, 0.6) is 5.75 Å². The molecule has 0 aliphatic heterocycles. The maximum atomic E-state index is 11.3. The number of aromatic hydroxyl groups is 1. The number of thiazole rings is 1. The molecule has 0 spiro atoms. The molecule has 1 atom stereocenters. The molecule has 1 heterocycles.